The van der Waals surface area contributed by atoms with Crippen LogP contribution in [0.25, 0.3) is 0 Å². The molecule has 2 aromatic rings. The van der Waals surface area contributed by atoms with Gasteiger partial charge in [-0.05, 0) is 36.8 Å². The molecular formula is C17H17F2NO2S. The average molecular weight is 337 g/mol. The lowest BCUT2D eigenvalue weighted by atomic mass is 10.2. The zero-order chi connectivity index (χ0) is 16.7. The number of hydrogen-bond donors (Lipinski definition) is 1. The Balaban J connectivity index is 1.67. The van der Waals surface area contributed by atoms with E-state index >= 15 is 0 Å². The molecule has 0 fully saturated rings. The van der Waals surface area contributed by atoms with Gasteiger partial charge in [-0.2, -0.15) is 0 Å². The van der Waals surface area contributed by atoms with Crippen LogP contribution in [0.5, 0.6) is 5.75 Å². The highest BCUT2D eigenvalue weighted by atomic mass is 32.2. The van der Waals surface area contributed by atoms with Gasteiger partial charge in [0.15, 0.2) is 0 Å². The van der Waals surface area contributed by atoms with Gasteiger partial charge >= 0.3 is 0 Å². The van der Waals surface area contributed by atoms with E-state index in [2.05, 4.69) is 5.32 Å². The molecule has 0 bridgehead atoms. The number of thioether (sulfide) groups is 1. The number of ether oxygens (including phenoxy) is 1. The molecule has 23 heavy (non-hydrogen) atoms. The van der Waals surface area contributed by atoms with Gasteiger partial charge in [-0.3, -0.25) is 4.79 Å². The van der Waals surface area contributed by atoms with Crippen LogP contribution in [0.2, 0.25) is 0 Å². The van der Waals surface area contributed by atoms with Crippen molar-refractivity contribution in [3.63, 3.8) is 0 Å². The molecule has 0 aliphatic rings. The zero-order valence-corrected chi connectivity index (χ0v) is 13.5. The van der Waals surface area contributed by atoms with Crippen molar-refractivity contribution in [2.75, 3.05) is 23.4 Å². The lowest BCUT2D eigenvalue weighted by Crippen LogP contribution is -2.15. The molecule has 122 valence electrons. The molecule has 0 saturated heterocycles. The number of halogens is 2. The summed E-state index contributed by atoms with van der Waals surface area (Å²) < 4.78 is 31.6. The quantitative estimate of drug-likeness (QED) is 0.776. The third-order valence-corrected chi connectivity index (χ3v) is 3.79. The summed E-state index contributed by atoms with van der Waals surface area (Å²) in [6, 6.07) is 10.6. The molecule has 0 spiro atoms. The van der Waals surface area contributed by atoms with Crippen LogP contribution in [-0.4, -0.2) is 24.0 Å². The number of amides is 1. The van der Waals surface area contributed by atoms with Crippen molar-refractivity contribution in [1.29, 1.82) is 0 Å². The molecule has 2 rings (SSSR count). The standard InChI is InChI=1S/C17H17F2NO2S/c1-12-3-2-4-16(7-12)22-5-6-23-11-17(21)20-15-9-13(18)8-14(19)10-15/h2-4,7-10H,5-6,11H2,1H3,(H,20,21). The van der Waals surface area contributed by atoms with E-state index in [0.717, 1.165) is 29.5 Å². The Bertz CT molecular complexity index is 659. The van der Waals surface area contributed by atoms with Crippen LogP contribution >= 0.6 is 11.8 Å². The van der Waals surface area contributed by atoms with Crippen LogP contribution in [0.1, 0.15) is 5.56 Å². The van der Waals surface area contributed by atoms with Crippen LogP contribution in [0.15, 0.2) is 42.5 Å². The predicted molar refractivity (Wildman–Crippen MR) is 89.0 cm³/mol. The minimum Gasteiger partial charge on any atom is -0.493 e. The van der Waals surface area contributed by atoms with Crippen molar-refractivity contribution >= 4 is 23.4 Å². The Morgan fingerprint density at radius 1 is 1.17 bits per heavy atom. The van der Waals surface area contributed by atoms with Crippen molar-refractivity contribution < 1.29 is 18.3 Å². The van der Waals surface area contributed by atoms with Crippen molar-refractivity contribution in [2.24, 2.45) is 0 Å². The molecule has 0 aliphatic heterocycles. The van der Waals surface area contributed by atoms with Crippen molar-refractivity contribution in [1.82, 2.24) is 0 Å². The van der Waals surface area contributed by atoms with E-state index < -0.39 is 11.6 Å². The molecule has 0 atom stereocenters. The number of aryl methyl sites for hydroxylation is 1. The Kier molecular flexibility index (Phi) is 6.40. The first-order valence-electron chi connectivity index (χ1n) is 7.06. The monoisotopic (exact) mass is 337 g/mol. The normalized spacial score (nSPS) is 10.4. The van der Waals surface area contributed by atoms with E-state index in [1.165, 1.54) is 11.8 Å². The van der Waals surface area contributed by atoms with E-state index in [9.17, 15) is 13.6 Å². The predicted octanol–water partition coefficient (Wildman–Crippen LogP) is 4.02. The first-order chi connectivity index (χ1) is 11.0. The van der Waals surface area contributed by atoms with E-state index in [0.29, 0.717) is 12.4 Å². The van der Waals surface area contributed by atoms with Gasteiger partial charge < -0.3 is 10.1 Å². The van der Waals surface area contributed by atoms with Crippen LogP contribution in [-0.2, 0) is 4.79 Å². The first-order valence-corrected chi connectivity index (χ1v) is 8.21. The Labute approximate surface area is 138 Å². The third-order valence-electron chi connectivity index (χ3n) is 2.87. The second-order valence-corrected chi connectivity index (χ2v) is 6.03. The summed E-state index contributed by atoms with van der Waals surface area (Å²) in [5.74, 6) is -0.131. The maximum absolute atomic E-state index is 13.0. The van der Waals surface area contributed by atoms with Crippen LogP contribution in [0.3, 0.4) is 0 Å². The Morgan fingerprint density at radius 2 is 1.91 bits per heavy atom. The number of hydrogen-bond acceptors (Lipinski definition) is 3. The summed E-state index contributed by atoms with van der Waals surface area (Å²) in [4.78, 5) is 11.7. The zero-order valence-electron chi connectivity index (χ0n) is 12.6. The average Bonchev–Trinajstić information content (AvgIpc) is 2.45. The molecule has 0 saturated carbocycles. The molecule has 2 aromatic carbocycles. The highest BCUT2D eigenvalue weighted by Gasteiger charge is 2.05. The molecule has 0 radical (unpaired) electrons. The fraction of sp³-hybridized carbons (Fsp3) is 0.235. The molecular weight excluding hydrogens is 320 g/mol. The summed E-state index contributed by atoms with van der Waals surface area (Å²) in [6.07, 6.45) is 0. The minimum atomic E-state index is -0.723. The molecule has 0 heterocycles. The van der Waals surface area contributed by atoms with Crippen molar-refractivity contribution in [3.8, 4) is 5.75 Å². The van der Waals surface area contributed by atoms with Crippen molar-refractivity contribution in [2.45, 2.75) is 6.92 Å². The second kappa shape index (κ2) is 8.53. The van der Waals surface area contributed by atoms with Crippen LogP contribution in [0.4, 0.5) is 14.5 Å². The molecule has 1 N–H and O–H groups in total. The lowest BCUT2D eigenvalue weighted by molar-refractivity contribution is -0.113. The molecule has 3 nitrogen and oxygen atoms in total. The van der Waals surface area contributed by atoms with Gasteiger partial charge in [0, 0.05) is 17.5 Å². The maximum Gasteiger partial charge on any atom is 0.234 e. The van der Waals surface area contributed by atoms with E-state index in [1.54, 1.807) is 0 Å². The number of anilines is 1. The van der Waals surface area contributed by atoms with Crippen LogP contribution in [0, 0.1) is 18.6 Å². The van der Waals surface area contributed by atoms with Gasteiger partial charge in [0.05, 0.1) is 12.4 Å². The number of benzene rings is 2. The third kappa shape index (κ3) is 6.28. The summed E-state index contributed by atoms with van der Waals surface area (Å²) in [5, 5.41) is 2.46. The second-order valence-electron chi connectivity index (χ2n) is 4.92. The Morgan fingerprint density at radius 3 is 2.61 bits per heavy atom. The molecule has 0 aromatic heterocycles. The highest BCUT2D eigenvalue weighted by molar-refractivity contribution is 7.99. The first kappa shape index (κ1) is 17.3. The molecule has 6 heteroatoms. The van der Waals surface area contributed by atoms with Gasteiger partial charge in [0.2, 0.25) is 5.91 Å². The van der Waals surface area contributed by atoms with Gasteiger partial charge in [-0.15, -0.1) is 11.8 Å². The summed E-state index contributed by atoms with van der Waals surface area (Å²) in [5.41, 5.74) is 1.24. The summed E-state index contributed by atoms with van der Waals surface area (Å²) in [6.45, 7) is 2.47. The highest BCUT2D eigenvalue weighted by Crippen LogP contribution is 2.14. The van der Waals surface area contributed by atoms with Gasteiger partial charge in [0.1, 0.15) is 17.4 Å². The number of rotatable bonds is 7. The van der Waals surface area contributed by atoms with Crippen molar-refractivity contribution in [3.05, 3.63) is 59.7 Å². The maximum atomic E-state index is 13.0. The SMILES string of the molecule is Cc1cccc(OCCSCC(=O)Nc2cc(F)cc(F)c2)c1. The molecule has 0 unspecified atom stereocenters. The van der Waals surface area contributed by atoms with Gasteiger partial charge in [0.25, 0.3) is 0 Å². The number of carbonyl (C=O) groups excluding carboxylic acids is 1. The van der Waals surface area contributed by atoms with Gasteiger partial charge in [-0.25, -0.2) is 8.78 Å². The van der Waals surface area contributed by atoms with Crippen LogP contribution < -0.4 is 10.1 Å². The smallest absolute Gasteiger partial charge is 0.234 e. The van der Waals surface area contributed by atoms with E-state index in [4.69, 9.17) is 4.74 Å². The minimum absolute atomic E-state index is 0.115. The number of nitrogens with one attached hydrogen (secondary N) is 1. The fourth-order valence-electron chi connectivity index (χ4n) is 1.91. The molecule has 1 amide bonds. The van der Waals surface area contributed by atoms with E-state index in [-0.39, 0.29) is 17.3 Å². The topological polar surface area (TPSA) is 38.3 Å². The lowest BCUT2D eigenvalue weighted by Gasteiger charge is -2.07. The summed E-state index contributed by atoms with van der Waals surface area (Å²) in [7, 11) is 0. The summed E-state index contributed by atoms with van der Waals surface area (Å²) >= 11 is 1.39. The largest absolute Gasteiger partial charge is 0.493 e. The van der Waals surface area contributed by atoms with E-state index in [1.807, 2.05) is 31.2 Å². The van der Waals surface area contributed by atoms with Gasteiger partial charge in [-0.1, -0.05) is 12.1 Å². The number of carbonyl (C=O) groups is 1. The molecule has 0 aliphatic carbocycles. The fourth-order valence-corrected chi connectivity index (χ4v) is 2.51. The Hall–Kier alpha value is -2.08.